The van der Waals surface area contributed by atoms with Crippen molar-refractivity contribution in [2.75, 3.05) is 5.32 Å². The zero-order valence-electron chi connectivity index (χ0n) is 11.1. The van der Waals surface area contributed by atoms with Crippen LogP contribution in [0.4, 0.5) is 5.69 Å². The number of hydrogen-bond donors (Lipinski definition) is 3. The van der Waals surface area contributed by atoms with E-state index in [1.807, 2.05) is 38.1 Å². The molecule has 19 heavy (non-hydrogen) atoms. The number of amides is 1. The van der Waals surface area contributed by atoms with Gasteiger partial charge >= 0.3 is 0 Å². The van der Waals surface area contributed by atoms with E-state index in [4.69, 9.17) is 0 Å². The summed E-state index contributed by atoms with van der Waals surface area (Å²) < 4.78 is 0. The quantitative estimate of drug-likeness (QED) is 0.769. The Hall–Kier alpha value is -2.30. The molecule has 1 heterocycles. The lowest BCUT2D eigenvalue weighted by Gasteiger charge is -2.14. The SMILES string of the molecule is CC(C)Nc1ccccc1C(=O)NCc1cnc[nH]1. The van der Waals surface area contributed by atoms with Gasteiger partial charge in [-0.05, 0) is 26.0 Å². The number of carbonyl (C=O) groups is 1. The summed E-state index contributed by atoms with van der Waals surface area (Å²) in [6.45, 7) is 4.52. The molecular formula is C14H18N4O. The summed E-state index contributed by atoms with van der Waals surface area (Å²) in [6, 6.07) is 7.77. The highest BCUT2D eigenvalue weighted by atomic mass is 16.1. The highest BCUT2D eigenvalue weighted by Gasteiger charge is 2.11. The summed E-state index contributed by atoms with van der Waals surface area (Å²) in [7, 11) is 0. The Labute approximate surface area is 112 Å². The fraction of sp³-hybridized carbons (Fsp3) is 0.286. The first-order valence-electron chi connectivity index (χ1n) is 6.28. The van der Waals surface area contributed by atoms with E-state index in [-0.39, 0.29) is 11.9 Å². The van der Waals surface area contributed by atoms with Crippen molar-refractivity contribution in [1.29, 1.82) is 0 Å². The lowest BCUT2D eigenvalue weighted by molar-refractivity contribution is 0.0951. The average molecular weight is 258 g/mol. The van der Waals surface area contributed by atoms with Crippen molar-refractivity contribution in [3.63, 3.8) is 0 Å². The molecule has 0 bridgehead atoms. The molecule has 0 aliphatic heterocycles. The molecule has 0 radical (unpaired) electrons. The number of anilines is 1. The number of rotatable bonds is 5. The van der Waals surface area contributed by atoms with Crippen LogP contribution < -0.4 is 10.6 Å². The van der Waals surface area contributed by atoms with Crippen LogP contribution in [0.15, 0.2) is 36.8 Å². The zero-order valence-corrected chi connectivity index (χ0v) is 11.1. The van der Waals surface area contributed by atoms with E-state index >= 15 is 0 Å². The summed E-state index contributed by atoms with van der Waals surface area (Å²) >= 11 is 0. The van der Waals surface area contributed by atoms with Crippen molar-refractivity contribution in [3.8, 4) is 0 Å². The molecule has 5 nitrogen and oxygen atoms in total. The number of nitrogens with zero attached hydrogens (tertiary/aromatic N) is 1. The van der Waals surface area contributed by atoms with Gasteiger partial charge in [-0.25, -0.2) is 4.98 Å². The Morgan fingerprint density at radius 3 is 2.84 bits per heavy atom. The van der Waals surface area contributed by atoms with Crippen LogP contribution in [-0.2, 0) is 6.54 Å². The second-order valence-corrected chi connectivity index (χ2v) is 4.60. The van der Waals surface area contributed by atoms with Gasteiger partial charge in [0, 0.05) is 17.9 Å². The first-order chi connectivity index (χ1) is 9.16. The van der Waals surface area contributed by atoms with E-state index < -0.39 is 0 Å². The molecule has 0 aliphatic carbocycles. The molecule has 0 fully saturated rings. The Balaban J connectivity index is 2.06. The first-order valence-corrected chi connectivity index (χ1v) is 6.28. The van der Waals surface area contributed by atoms with Crippen LogP contribution in [0.5, 0.6) is 0 Å². The predicted molar refractivity (Wildman–Crippen MR) is 75.0 cm³/mol. The minimum atomic E-state index is -0.0987. The number of aromatic amines is 1. The van der Waals surface area contributed by atoms with Crippen LogP contribution in [0, 0.1) is 0 Å². The maximum Gasteiger partial charge on any atom is 0.253 e. The molecule has 0 atom stereocenters. The van der Waals surface area contributed by atoms with Gasteiger partial charge in [-0.15, -0.1) is 0 Å². The zero-order chi connectivity index (χ0) is 13.7. The fourth-order valence-corrected chi connectivity index (χ4v) is 1.77. The predicted octanol–water partition coefficient (Wildman–Crippen LogP) is 2.16. The third-order valence-corrected chi connectivity index (χ3v) is 2.61. The van der Waals surface area contributed by atoms with Crippen molar-refractivity contribution < 1.29 is 4.79 Å². The van der Waals surface area contributed by atoms with E-state index in [2.05, 4.69) is 20.6 Å². The summed E-state index contributed by atoms with van der Waals surface area (Å²) in [6.07, 6.45) is 3.29. The second kappa shape index (κ2) is 6.04. The van der Waals surface area contributed by atoms with E-state index in [0.29, 0.717) is 12.1 Å². The van der Waals surface area contributed by atoms with Crippen molar-refractivity contribution in [2.45, 2.75) is 26.4 Å². The number of H-pyrrole nitrogens is 1. The van der Waals surface area contributed by atoms with Gasteiger partial charge in [0.05, 0.1) is 24.1 Å². The summed E-state index contributed by atoms with van der Waals surface area (Å²) in [4.78, 5) is 19.0. The molecule has 2 aromatic rings. The third-order valence-electron chi connectivity index (χ3n) is 2.61. The lowest BCUT2D eigenvalue weighted by atomic mass is 10.1. The summed E-state index contributed by atoms with van der Waals surface area (Å²) in [5.74, 6) is -0.0987. The number of nitrogens with one attached hydrogen (secondary N) is 3. The number of imidazole rings is 1. The largest absolute Gasteiger partial charge is 0.382 e. The maximum absolute atomic E-state index is 12.2. The molecular weight excluding hydrogens is 240 g/mol. The van der Waals surface area contributed by atoms with E-state index in [0.717, 1.165) is 11.4 Å². The van der Waals surface area contributed by atoms with Gasteiger partial charge in [-0.2, -0.15) is 0 Å². The summed E-state index contributed by atoms with van der Waals surface area (Å²) in [5.41, 5.74) is 2.37. The van der Waals surface area contributed by atoms with Gasteiger partial charge in [0.25, 0.3) is 5.91 Å². The molecule has 1 aromatic carbocycles. The Morgan fingerprint density at radius 1 is 1.37 bits per heavy atom. The minimum absolute atomic E-state index is 0.0987. The van der Waals surface area contributed by atoms with Gasteiger partial charge in [0.1, 0.15) is 0 Å². The van der Waals surface area contributed by atoms with Crippen LogP contribution in [0.2, 0.25) is 0 Å². The van der Waals surface area contributed by atoms with Crippen LogP contribution in [0.1, 0.15) is 29.9 Å². The second-order valence-electron chi connectivity index (χ2n) is 4.60. The molecule has 1 aromatic heterocycles. The highest BCUT2D eigenvalue weighted by molar-refractivity contribution is 5.99. The Kier molecular flexibility index (Phi) is 4.18. The van der Waals surface area contributed by atoms with Crippen LogP contribution >= 0.6 is 0 Å². The number of benzene rings is 1. The lowest BCUT2D eigenvalue weighted by Crippen LogP contribution is -2.24. The van der Waals surface area contributed by atoms with Gasteiger partial charge in [0.2, 0.25) is 0 Å². The number of carbonyl (C=O) groups excluding carboxylic acids is 1. The van der Waals surface area contributed by atoms with Gasteiger partial charge in [-0.1, -0.05) is 12.1 Å². The standard InChI is InChI=1S/C14H18N4O/c1-10(2)18-13-6-4-3-5-12(13)14(19)16-8-11-7-15-9-17-11/h3-7,9-10,18H,8H2,1-2H3,(H,15,17)(H,16,19). The van der Waals surface area contributed by atoms with Crippen molar-refractivity contribution in [2.24, 2.45) is 0 Å². The topological polar surface area (TPSA) is 69.8 Å². The molecule has 0 saturated heterocycles. The van der Waals surface area contributed by atoms with Gasteiger partial charge in [-0.3, -0.25) is 4.79 Å². The Morgan fingerprint density at radius 2 is 2.16 bits per heavy atom. The van der Waals surface area contributed by atoms with Crippen molar-refractivity contribution in [1.82, 2.24) is 15.3 Å². The maximum atomic E-state index is 12.2. The number of hydrogen-bond acceptors (Lipinski definition) is 3. The first kappa shape index (κ1) is 13.1. The van der Waals surface area contributed by atoms with Crippen LogP contribution in [0.3, 0.4) is 0 Å². The number of aromatic nitrogens is 2. The van der Waals surface area contributed by atoms with E-state index in [9.17, 15) is 4.79 Å². The Bertz CT molecular complexity index is 534. The molecule has 100 valence electrons. The van der Waals surface area contributed by atoms with Gasteiger partial charge < -0.3 is 15.6 Å². The minimum Gasteiger partial charge on any atom is -0.382 e. The fourth-order valence-electron chi connectivity index (χ4n) is 1.77. The van der Waals surface area contributed by atoms with Crippen LogP contribution in [-0.4, -0.2) is 21.9 Å². The number of para-hydroxylation sites is 1. The van der Waals surface area contributed by atoms with E-state index in [1.165, 1.54) is 0 Å². The molecule has 0 aliphatic rings. The smallest absolute Gasteiger partial charge is 0.253 e. The van der Waals surface area contributed by atoms with Gasteiger partial charge in [0.15, 0.2) is 0 Å². The van der Waals surface area contributed by atoms with E-state index in [1.54, 1.807) is 12.5 Å². The normalized spacial score (nSPS) is 10.5. The monoisotopic (exact) mass is 258 g/mol. The van der Waals surface area contributed by atoms with Crippen molar-refractivity contribution >= 4 is 11.6 Å². The molecule has 1 amide bonds. The molecule has 0 unspecified atom stereocenters. The average Bonchev–Trinajstić information content (AvgIpc) is 2.89. The molecule has 3 N–H and O–H groups in total. The molecule has 0 saturated carbocycles. The third kappa shape index (κ3) is 3.58. The highest BCUT2D eigenvalue weighted by Crippen LogP contribution is 2.16. The summed E-state index contributed by atoms with van der Waals surface area (Å²) in [5, 5.41) is 6.13. The molecule has 0 spiro atoms. The molecule has 2 rings (SSSR count). The molecule has 5 heteroatoms. The van der Waals surface area contributed by atoms with Crippen molar-refractivity contribution in [3.05, 3.63) is 48.0 Å². The van der Waals surface area contributed by atoms with Crippen LogP contribution in [0.25, 0.3) is 0 Å².